The average molecular weight is 383 g/mol. The highest BCUT2D eigenvalue weighted by Crippen LogP contribution is 2.32. The SMILES string of the molecule is CC(C)CC(=O)Nc1ccc(C(=O)COC(=O)c2ccc3c(c2)OCO3)cc1. The first-order valence-corrected chi connectivity index (χ1v) is 8.92. The maximum atomic E-state index is 12.2. The highest BCUT2D eigenvalue weighted by atomic mass is 16.7. The van der Waals surface area contributed by atoms with E-state index in [1.165, 1.54) is 6.07 Å². The number of esters is 1. The lowest BCUT2D eigenvalue weighted by atomic mass is 10.1. The minimum atomic E-state index is -0.621. The van der Waals surface area contributed by atoms with Crippen molar-refractivity contribution in [3.63, 3.8) is 0 Å². The zero-order valence-corrected chi connectivity index (χ0v) is 15.7. The zero-order chi connectivity index (χ0) is 20.1. The second kappa shape index (κ2) is 8.56. The van der Waals surface area contributed by atoms with Crippen molar-refractivity contribution < 1.29 is 28.6 Å². The topological polar surface area (TPSA) is 90.9 Å². The van der Waals surface area contributed by atoms with Crippen LogP contribution in [0, 0.1) is 5.92 Å². The molecule has 0 bridgehead atoms. The molecule has 0 aliphatic carbocycles. The number of fused-ring (bicyclic) bond motifs is 1. The quantitative estimate of drug-likeness (QED) is 0.582. The van der Waals surface area contributed by atoms with Crippen molar-refractivity contribution in [3.8, 4) is 11.5 Å². The van der Waals surface area contributed by atoms with E-state index in [0.29, 0.717) is 29.2 Å². The molecule has 1 aliphatic heterocycles. The van der Waals surface area contributed by atoms with Gasteiger partial charge in [0.1, 0.15) is 0 Å². The molecule has 1 amide bonds. The number of amides is 1. The van der Waals surface area contributed by atoms with Crippen LogP contribution in [0.15, 0.2) is 42.5 Å². The Labute approximate surface area is 162 Å². The second-order valence-electron chi connectivity index (χ2n) is 6.79. The van der Waals surface area contributed by atoms with E-state index < -0.39 is 5.97 Å². The van der Waals surface area contributed by atoms with Gasteiger partial charge in [-0.1, -0.05) is 13.8 Å². The van der Waals surface area contributed by atoms with Crippen LogP contribution in [0.4, 0.5) is 5.69 Å². The molecule has 7 nitrogen and oxygen atoms in total. The van der Waals surface area contributed by atoms with Crippen LogP contribution in [0.2, 0.25) is 0 Å². The van der Waals surface area contributed by atoms with Gasteiger partial charge in [-0.2, -0.15) is 0 Å². The minimum absolute atomic E-state index is 0.0771. The lowest BCUT2D eigenvalue weighted by Gasteiger charge is -2.08. The Bertz CT molecular complexity index is 888. The lowest BCUT2D eigenvalue weighted by Crippen LogP contribution is -2.15. The number of Topliss-reactive ketones (excluding diaryl/α,β-unsaturated/α-hetero) is 1. The summed E-state index contributed by atoms with van der Waals surface area (Å²) >= 11 is 0. The number of anilines is 1. The van der Waals surface area contributed by atoms with Gasteiger partial charge in [-0.05, 0) is 48.4 Å². The molecule has 1 aliphatic rings. The zero-order valence-electron chi connectivity index (χ0n) is 15.7. The number of benzene rings is 2. The molecule has 0 radical (unpaired) electrons. The first-order chi connectivity index (χ1) is 13.4. The van der Waals surface area contributed by atoms with Crippen molar-refractivity contribution in [3.05, 3.63) is 53.6 Å². The van der Waals surface area contributed by atoms with Crippen molar-refractivity contribution in [2.45, 2.75) is 20.3 Å². The monoisotopic (exact) mass is 383 g/mol. The van der Waals surface area contributed by atoms with E-state index in [-0.39, 0.29) is 36.6 Å². The van der Waals surface area contributed by atoms with Gasteiger partial charge in [-0.25, -0.2) is 4.79 Å². The first-order valence-electron chi connectivity index (χ1n) is 8.92. The Kier molecular flexibility index (Phi) is 5.93. The third kappa shape index (κ3) is 4.88. The van der Waals surface area contributed by atoms with Gasteiger partial charge in [0.15, 0.2) is 23.9 Å². The minimum Gasteiger partial charge on any atom is -0.454 e. The molecule has 0 fully saturated rings. The Hall–Kier alpha value is -3.35. The Morgan fingerprint density at radius 2 is 1.68 bits per heavy atom. The largest absolute Gasteiger partial charge is 0.454 e. The van der Waals surface area contributed by atoms with Crippen LogP contribution in [0.1, 0.15) is 41.0 Å². The van der Waals surface area contributed by atoms with Crippen molar-refractivity contribution in [1.82, 2.24) is 0 Å². The highest BCUT2D eigenvalue weighted by molar-refractivity contribution is 6.00. The third-order valence-corrected chi connectivity index (χ3v) is 4.03. The van der Waals surface area contributed by atoms with E-state index in [9.17, 15) is 14.4 Å². The van der Waals surface area contributed by atoms with Gasteiger partial charge in [0.25, 0.3) is 0 Å². The molecule has 7 heteroatoms. The fourth-order valence-corrected chi connectivity index (χ4v) is 2.64. The van der Waals surface area contributed by atoms with E-state index in [1.807, 2.05) is 13.8 Å². The maximum Gasteiger partial charge on any atom is 0.338 e. The van der Waals surface area contributed by atoms with Crippen LogP contribution in [0.5, 0.6) is 11.5 Å². The Morgan fingerprint density at radius 1 is 1.00 bits per heavy atom. The number of rotatable bonds is 7. The summed E-state index contributed by atoms with van der Waals surface area (Å²) in [5, 5.41) is 2.77. The number of hydrogen-bond acceptors (Lipinski definition) is 6. The summed E-state index contributed by atoms with van der Waals surface area (Å²) < 4.78 is 15.5. The van der Waals surface area contributed by atoms with Gasteiger partial charge >= 0.3 is 5.97 Å². The summed E-state index contributed by atoms with van der Waals surface area (Å²) in [6.07, 6.45) is 0.427. The highest BCUT2D eigenvalue weighted by Gasteiger charge is 2.18. The molecule has 0 unspecified atom stereocenters. The molecule has 0 atom stereocenters. The van der Waals surface area contributed by atoms with Crippen LogP contribution in [-0.4, -0.2) is 31.1 Å². The van der Waals surface area contributed by atoms with Gasteiger partial charge in [-0.3, -0.25) is 9.59 Å². The predicted octanol–water partition coefficient (Wildman–Crippen LogP) is 3.44. The van der Waals surface area contributed by atoms with Gasteiger partial charge in [0.2, 0.25) is 12.7 Å². The first kappa shape index (κ1) is 19.4. The van der Waals surface area contributed by atoms with E-state index in [1.54, 1.807) is 36.4 Å². The summed E-state index contributed by atoms with van der Waals surface area (Å²) in [6.45, 7) is 3.66. The molecule has 0 aromatic heterocycles. The number of carbonyl (C=O) groups excluding carboxylic acids is 3. The summed E-state index contributed by atoms with van der Waals surface area (Å²) in [5.41, 5.74) is 1.28. The fraction of sp³-hybridized carbons (Fsp3) is 0.286. The Balaban J connectivity index is 1.53. The van der Waals surface area contributed by atoms with E-state index in [2.05, 4.69) is 5.32 Å². The van der Waals surface area contributed by atoms with Crippen LogP contribution in [0.3, 0.4) is 0 Å². The van der Waals surface area contributed by atoms with Crippen LogP contribution >= 0.6 is 0 Å². The summed E-state index contributed by atoms with van der Waals surface area (Å²) in [4.78, 5) is 36.1. The smallest absolute Gasteiger partial charge is 0.338 e. The van der Waals surface area contributed by atoms with Crippen molar-refractivity contribution >= 4 is 23.3 Å². The molecule has 3 rings (SSSR count). The third-order valence-electron chi connectivity index (χ3n) is 4.03. The molecule has 1 N–H and O–H groups in total. The number of ketones is 1. The fourth-order valence-electron chi connectivity index (χ4n) is 2.64. The molecule has 2 aromatic carbocycles. The number of ether oxygens (including phenoxy) is 3. The van der Waals surface area contributed by atoms with Gasteiger partial charge < -0.3 is 19.5 Å². The Morgan fingerprint density at radius 3 is 2.39 bits per heavy atom. The molecule has 0 spiro atoms. The number of hydrogen-bond donors (Lipinski definition) is 1. The van der Waals surface area contributed by atoms with E-state index >= 15 is 0 Å². The number of nitrogens with one attached hydrogen (secondary N) is 1. The lowest BCUT2D eigenvalue weighted by molar-refractivity contribution is -0.116. The maximum absolute atomic E-state index is 12.2. The van der Waals surface area contributed by atoms with Crippen molar-refractivity contribution in [2.24, 2.45) is 5.92 Å². The van der Waals surface area contributed by atoms with Crippen LogP contribution in [-0.2, 0) is 9.53 Å². The second-order valence-corrected chi connectivity index (χ2v) is 6.79. The molecule has 0 saturated carbocycles. The number of carbonyl (C=O) groups is 3. The predicted molar refractivity (Wildman–Crippen MR) is 102 cm³/mol. The molecule has 1 heterocycles. The van der Waals surface area contributed by atoms with Crippen molar-refractivity contribution in [1.29, 1.82) is 0 Å². The molecule has 2 aromatic rings. The average Bonchev–Trinajstić information content (AvgIpc) is 3.13. The molecule has 0 saturated heterocycles. The molecule has 28 heavy (non-hydrogen) atoms. The molecular weight excluding hydrogens is 362 g/mol. The van der Waals surface area contributed by atoms with Gasteiger partial charge in [-0.15, -0.1) is 0 Å². The van der Waals surface area contributed by atoms with Crippen molar-refractivity contribution in [2.75, 3.05) is 18.7 Å². The summed E-state index contributed by atoms with van der Waals surface area (Å²) in [7, 11) is 0. The van der Waals surface area contributed by atoms with Gasteiger partial charge in [0, 0.05) is 17.7 Å². The van der Waals surface area contributed by atoms with E-state index in [0.717, 1.165) is 0 Å². The summed E-state index contributed by atoms with van der Waals surface area (Å²) in [6, 6.07) is 11.1. The van der Waals surface area contributed by atoms with Crippen LogP contribution < -0.4 is 14.8 Å². The standard InChI is InChI=1S/C21H21NO6/c1-13(2)9-20(24)22-16-6-3-14(4-7-16)17(23)11-26-21(25)15-5-8-18-19(10-15)28-12-27-18/h3-8,10,13H,9,11-12H2,1-2H3,(H,22,24). The van der Waals surface area contributed by atoms with Gasteiger partial charge in [0.05, 0.1) is 5.56 Å². The van der Waals surface area contributed by atoms with Crippen LogP contribution in [0.25, 0.3) is 0 Å². The normalized spacial score (nSPS) is 12.0. The summed E-state index contributed by atoms with van der Waals surface area (Å²) in [5.74, 6) is 0.259. The molecule has 146 valence electrons. The molecular formula is C21H21NO6. The van der Waals surface area contributed by atoms with E-state index in [4.69, 9.17) is 14.2 Å².